The lowest BCUT2D eigenvalue weighted by atomic mass is 9.65. The molecule has 0 amide bonds. The van der Waals surface area contributed by atoms with E-state index < -0.39 is 53.5 Å². The molecule has 7 heteroatoms. The predicted octanol–water partition coefficient (Wildman–Crippen LogP) is -0.285. The first-order valence-electron chi connectivity index (χ1n) is 7.70. The van der Waals surface area contributed by atoms with E-state index in [1.807, 2.05) is 0 Å². The van der Waals surface area contributed by atoms with Gasteiger partial charge in [-0.3, -0.25) is 14.4 Å². The Bertz CT molecular complexity index is 516. The van der Waals surface area contributed by atoms with E-state index in [2.05, 4.69) is 0 Å². The van der Waals surface area contributed by atoms with Crippen LogP contribution >= 0.6 is 0 Å². The summed E-state index contributed by atoms with van der Waals surface area (Å²) in [6.45, 7) is 1.71. The number of aliphatic hydroxyl groups excluding tert-OH is 1. The zero-order chi connectivity index (χ0) is 16.1. The van der Waals surface area contributed by atoms with E-state index in [4.69, 9.17) is 9.47 Å². The van der Waals surface area contributed by atoms with Crippen LogP contribution in [0.2, 0.25) is 0 Å². The van der Waals surface area contributed by atoms with Crippen molar-refractivity contribution in [3.05, 3.63) is 0 Å². The highest BCUT2D eigenvalue weighted by Crippen LogP contribution is 2.46. The van der Waals surface area contributed by atoms with Gasteiger partial charge in [0.1, 0.15) is 6.10 Å². The van der Waals surface area contributed by atoms with Crippen molar-refractivity contribution >= 4 is 17.7 Å². The van der Waals surface area contributed by atoms with E-state index in [-0.39, 0.29) is 19.3 Å². The summed E-state index contributed by atoms with van der Waals surface area (Å²) in [6, 6.07) is 0. The van der Waals surface area contributed by atoms with Gasteiger partial charge in [0.25, 0.3) is 0 Å². The summed E-state index contributed by atoms with van der Waals surface area (Å²) >= 11 is 0. The summed E-state index contributed by atoms with van der Waals surface area (Å²) in [5.41, 5.74) is -2.13. The van der Waals surface area contributed by atoms with Gasteiger partial charge in [-0.1, -0.05) is 0 Å². The highest BCUT2D eigenvalue weighted by molar-refractivity contribution is 6.00. The Hall–Kier alpha value is -1.47. The Labute approximate surface area is 127 Å². The molecule has 0 aromatic carbocycles. The van der Waals surface area contributed by atoms with E-state index in [0.29, 0.717) is 12.8 Å². The van der Waals surface area contributed by atoms with Crippen LogP contribution in [0, 0.1) is 11.8 Å². The molecule has 2 saturated heterocycles. The number of rotatable bonds is 0. The van der Waals surface area contributed by atoms with Gasteiger partial charge in [-0.2, -0.15) is 0 Å². The van der Waals surface area contributed by atoms with E-state index in [1.54, 1.807) is 6.92 Å². The molecule has 0 spiro atoms. The molecule has 3 fully saturated rings. The van der Waals surface area contributed by atoms with Crippen molar-refractivity contribution in [1.82, 2.24) is 0 Å². The molecular formula is C15H20O7. The molecule has 1 saturated carbocycles. The number of Topliss-reactive ketones (excluding diaryl/α,β-unsaturated/α-hetero) is 1. The maximum atomic E-state index is 12.3. The lowest BCUT2D eigenvalue weighted by molar-refractivity contribution is -0.185. The molecule has 7 nitrogen and oxygen atoms in total. The maximum absolute atomic E-state index is 12.3. The molecule has 0 bridgehead atoms. The summed E-state index contributed by atoms with van der Waals surface area (Å²) in [7, 11) is 0. The molecule has 2 aliphatic heterocycles. The average molecular weight is 312 g/mol. The standard InChI is InChI=1S/C15H20O7/c1-7-3-2-4-9(16)15(20)10(17)6-5-8-12(15)11(13(18)21-7)14(19)22-8/h7-9,11-12,16,20H,2-6H2,1H3/t7-,8-,9+,11-,12+,15-/m0/s1. The van der Waals surface area contributed by atoms with Crippen LogP contribution in [0.4, 0.5) is 0 Å². The molecule has 6 atom stereocenters. The third-order valence-corrected chi connectivity index (χ3v) is 5.06. The Morgan fingerprint density at radius 2 is 1.77 bits per heavy atom. The van der Waals surface area contributed by atoms with E-state index in [0.717, 1.165) is 0 Å². The number of cyclic esters (lactones) is 1. The van der Waals surface area contributed by atoms with Crippen LogP contribution in [-0.2, 0) is 23.9 Å². The van der Waals surface area contributed by atoms with Crippen molar-refractivity contribution in [2.75, 3.05) is 0 Å². The summed E-state index contributed by atoms with van der Waals surface area (Å²) in [5, 5.41) is 21.3. The van der Waals surface area contributed by atoms with Crippen molar-refractivity contribution in [1.29, 1.82) is 0 Å². The number of hydrogen-bond donors (Lipinski definition) is 2. The predicted molar refractivity (Wildman–Crippen MR) is 71.5 cm³/mol. The molecule has 1 aliphatic carbocycles. The van der Waals surface area contributed by atoms with Crippen LogP contribution in [0.5, 0.6) is 0 Å². The number of ether oxygens (including phenoxy) is 2. The first-order chi connectivity index (χ1) is 10.4. The molecule has 22 heavy (non-hydrogen) atoms. The van der Waals surface area contributed by atoms with Gasteiger partial charge in [-0.15, -0.1) is 0 Å². The Morgan fingerprint density at radius 1 is 1.09 bits per heavy atom. The van der Waals surface area contributed by atoms with Crippen molar-refractivity contribution in [3.63, 3.8) is 0 Å². The number of carbonyl (C=O) groups excluding carboxylic acids is 3. The molecule has 3 aliphatic rings. The first-order valence-corrected chi connectivity index (χ1v) is 7.70. The van der Waals surface area contributed by atoms with Gasteiger partial charge in [-0.05, 0) is 32.6 Å². The van der Waals surface area contributed by atoms with Crippen LogP contribution in [0.25, 0.3) is 0 Å². The second-order valence-corrected chi connectivity index (χ2v) is 6.46. The summed E-state index contributed by atoms with van der Waals surface area (Å²) in [5.74, 6) is -4.53. The fourth-order valence-electron chi connectivity index (χ4n) is 3.89. The molecule has 0 aromatic rings. The fourth-order valence-corrected chi connectivity index (χ4v) is 3.89. The molecule has 3 rings (SSSR count). The maximum Gasteiger partial charge on any atom is 0.321 e. The summed E-state index contributed by atoms with van der Waals surface area (Å²) in [6.07, 6.45) is -0.986. The van der Waals surface area contributed by atoms with E-state index >= 15 is 0 Å². The minimum absolute atomic E-state index is 0.0141. The third-order valence-electron chi connectivity index (χ3n) is 5.06. The minimum Gasteiger partial charge on any atom is -0.462 e. The fraction of sp³-hybridized carbons (Fsp3) is 0.800. The van der Waals surface area contributed by atoms with Gasteiger partial charge < -0.3 is 19.7 Å². The van der Waals surface area contributed by atoms with E-state index in [9.17, 15) is 24.6 Å². The highest BCUT2D eigenvalue weighted by Gasteiger charge is 2.65. The average Bonchev–Trinajstić information content (AvgIpc) is 2.79. The number of hydrogen-bond acceptors (Lipinski definition) is 7. The summed E-state index contributed by atoms with van der Waals surface area (Å²) < 4.78 is 10.4. The second kappa shape index (κ2) is 5.31. The van der Waals surface area contributed by atoms with Crippen LogP contribution < -0.4 is 0 Å². The molecule has 122 valence electrons. The van der Waals surface area contributed by atoms with Gasteiger partial charge in [0.05, 0.1) is 18.1 Å². The third kappa shape index (κ3) is 2.14. The van der Waals surface area contributed by atoms with Crippen molar-refractivity contribution < 1.29 is 34.1 Å². The van der Waals surface area contributed by atoms with Crippen molar-refractivity contribution in [2.24, 2.45) is 11.8 Å². The Kier molecular flexibility index (Phi) is 3.72. The highest BCUT2D eigenvalue weighted by atomic mass is 16.6. The summed E-state index contributed by atoms with van der Waals surface area (Å²) in [4.78, 5) is 36.6. The molecule has 0 aromatic heterocycles. The molecule has 0 unspecified atom stereocenters. The number of ketones is 1. The van der Waals surface area contributed by atoms with Crippen LogP contribution in [0.15, 0.2) is 0 Å². The quantitative estimate of drug-likeness (QED) is 0.467. The lowest BCUT2D eigenvalue weighted by Gasteiger charge is -2.43. The number of esters is 2. The Balaban J connectivity index is 2.05. The van der Waals surface area contributed by atoms with Gasteiger partial charge >= 0.3 is 11.9 Å². The topological polar surface area (TPSA) is 110 Å². The molecular weight excluding hydrogens is 292 g/mol. The second-order valence-electron chi connectivity index (χ2n) is 6.46. The smallest absolute Gasteiger partial charge is 0.321 e. The van der Waals surface area contributed by atoms with Gasteiger partial charge in [0.15, 0.2) is 17.3 Å². The van der Waals surface area contributed by atoms with Crippen molar-refractivity contribution in [3.8, 4) is 0 Å². The molecule has 2 N–H and O–H groups in total. The van der Waals surface area contributed by atoms with Crippen LogP contribution in [0.3, 0.4) is 0 Å². The van der Waals surface area contributed by atoms with Gasteiger partial charge in [0.2, 0.25) is 0 Å². The zero-order valence-corrected chi connectivity index (χ0v) is 12.4. The SMILES string of the molecule is C[C@H]1CCC[C@@H](O)[C@]2(O)C(=O)CC[C@@H]3OC(=O)[C@H](C(=O)O1)[C@@H]32. The monoisotopic (exact) mass is 312 g/mol. The van der Waals surface area contributed by atoms with Gasteiger partial charge in [0, 0.05) is 6.42 Å². The molecule has 2 heterocycles. The minimum atomic E-state index is -2.13. The van der Waals surface area contributed by atoms with Crippen molar-refractivity contribution in [2.45, 2.75) is 62.9 Å². The van der Waals surface area contributed by atoms with Gasteiger partial charge in [-0.25, -0.2) is 0 Å². The van der Waals surface area contributed by atoms with Crippen LogP contribution in [-0.4, -0.2) is 51.8 Å². The number of aliphatic hydroxyl groups is 2. The van der Waals surface area contributed by atoms with Crippen LogP contribution in [0.1, 0.15) is 39.0 Å². The number of carbonyl (C=O) groups is 3. The normalized spacial score (nSPS) is 45.8. The largest absolute Gasteiger partial charge is 0.462 e. The zero-order valence-electron chi connectivity index (χ0n) is 12.4. The lowest BCUT2D eigenvalue weighted by Crippen LogP contribution is -2.62. The first kappa shape index (κ1) is 15.4. The Morgan fingerprint density at radius 3 is 2.50 bits per heavy atom. The van der Waals surface area contributed by atoms with E-state index in [1.165, 1.54) is 0 Å². The molecule has 0 radical (unpaired) electrons.